The number of nitro benzene ring substituents is 1. The molecular weight excluding hydrogens is 433 g/mol. The minimum absolute atomic E-state index is 0.00393. The maximum Gasteiger partial charge on any atom is 0.417 e. The second kappa shape index (κ2) is 9.54. The summed E-state index contributed by atoms with van der Waals surface area (Å²) in [5, 5.41) is 13.3. The second-order valence-electron chi connectivity index (χ2n) is 7.18. The number of nitrogens with zero attached hydrogens (tertiary/aromatic N) is 3. The molecule has 3 rings (SSSR count). The van der Waals surface area contributed by atoms with Crippen molar-refractivity contribution in [3.63, 3.8) is 0 Å². The molecule has 7 nitrogen and oxygen atoms in total. The summed E-state index contributed by atoms with van der Waals surface area (Å²) in [5.41, 5.74) is -0.784. The van der Waals surface area contributed by atoms with E-state index >= 15 is 0 Å². The highest BCUT2D eigenvalue weighted by Crippen LogP contribution is 2.30. The molecule has 31 heavy (non-hydrogen) atoms. The predicted molar refractivity (Wildman–Crippen MR) is 111 cm³/mol. The van der Waals surface area contributed by atoms with Gasteiger partial charge in [-0.15, -0.1) is 11.8 Å². The van der Waals surface area contributed by atoms with E-state index in [-0.39, 0.29) is 22.9 Å². The van der Waals surface area contributed by atoms with Gasteiger partial charge >= 0.3 is 6.18 Å². The lowest BCUT2D eigenvalue weighted by molar-refractivity contribution is -0.384. The zero-order valence-corrected chi connectivity index (χ0v) is 17.4. The smallest absolute Gasteiger partial charge is 0.356 e. The van der Waals surface area contributed by atoms with E-state index in [1.54, 1.807) is 19.1 Å². The fourth-order valence-electron chi connectivity index (χ4n) is 3.22. The Labute approximate surface area is 181 Å². The number of non-ortho nitro benzene ring substituents is 1. The SMILES string of the molecule is CC(Sc1ccc([N+](=O)[O-])cc1)C(=O)NC1CCN(c2ccc(C(F)(F)F)cn2)CC1. The number of amides is 1. The lowest BCUT2D eigenvalue weighted by Gasteiger charge is -2.33. The van der Waals surface area contributed by atoms with E-state index in [2.05, 4.69) is 10.3 Å². The molecule has 1 saturated heterocycles. The number of carbonyl (C=O) groups excluding carboxylic acids is 1. The van der Waals surface area contributed by atoms with E-state index in [9.17, 15) is 28.1 Å². The van der Waals surface area contributed by atoms with Crippen molar-refractivity contribution in [3.8, 4) is 0 Å². The highest BCUT2D eigenvalue weighted by molar-refractivity contribution is 8.00. The molecular formula is C20H21F3N4O3S. The largest absolute Gasteiger partial charge is 0.417 e. The molecule has 1 N–H and O–H groups in total. The molecule has 1 atom stereocenters. The second-order valence-corrected chi connectivity index (χ2v) is 8.60. The first-order chi connectivity index (χ1) is 14.6. The summed E-state index contributed by atoms with van der Waals surface area (Å²) in [4.78, 5) is 29.3. The molecule has 1 aliphatic rings. The molecule has 0 saturated carbocycles. The molecule has 1 fully saturated rings. The van der Waals surface area contributed by atoms with Crippen LogP contribution in [0.4, 0.5) is 24.7 Å². The lowest BCUT2D eigenvalue weighted by Crippen LogP contribution is -2.46. The Morgan fingerprint density at radius 3 is 2.39 bits per heavy atom. The molecule has 0 bridgehead atoms. The Morgan fingerprint density at radius 2 is 1.87 bits per heavy atom. The third kappa shape index (κ3) is 6.09. The van der Waals surface area contributed by atoms with Crippen molar-refractivity contribution in [2.45, 2.75) is 42.1 Å². The molecule has 2 aromatic rings. The number of hydrogen-bond donors (Lipinski definition) is 1. The zero-order chi connectivity index (χ0) is 22.6. The number of benzene rings is 1. The van der Waals surface area contributed by atoms with E-state index in [1.165, 1.54) is 30.0 Å². The maximum atomic E-state index is 12.7. The Hall–Kier alpha value is -2.82. The van der Waals surface area contributed by atoms with Crippen LogP contribution in [-0.2, 0) is 11.0 Å². The fraction of sp³-hybridized carbons (Fsp3) is 0.400. The van der Waals surface area contributed by atoms with Gasteiger partial charge in [-0.3, -0.25) is 14.9 Å². The molecule has 166 valence electrons. The first kappa shape index (κ1) is 22.9. The van der Waals surface area contributed by atoms with Crippen LogP contribution in [0.15, 0.2) is 47.5 Å². The highest BCUT2D eigenvalue weighted by Gasteiger charge is 2.31. The van der Waals surface area contributed by atoms with Gasteiger partial charge in [0.2, 0.25) is 5.91 Å². The standard InChI is InChI=1S/C20H21F3N4O3S/c1-13(31-17-5-3-16(4-6-17)27(29)30)19(28)25-15-8-10-26(11-9-15)18-7-2-14(12-24-18)20(21,22)23/h2-7,12-13,15H,8-11H2,1H3,(H,25,28). The number of nitrogens with one attached hydrogen (secondary N) is 1. The highest BCUT2D eigenvalue weighted by atomic mass is 32.2. The van der Waals surface area contributed by atoms with Crippen LogP contribution in [0.25, 0.3) is 0 Å². The van der Waals surface area contributed by atoms with Crippen molar-refractivity contribution in [1.82, 2.24) is 10.3 Å². The Morgan fingerprint density at radius 1 is 1.23 bits per heavy atom. The van der Waals surface area contributed by atoms with Crippen molar-refractivity contribution in [2.75, 3.05) is 18.0 Å². The van der Waals surface area contributed by atoms with Gasteiger partial charge in [0.15, 0.2) is 0 Å². The van der Waals surface area contributed by atoms with Crippen molar-refractivity contribution in [3.05, 3.63) is 58.3 Å². The van der Waals surface area contributed by atoms with Crippen LogP contribution in [0.2, 0.25) is 0 Å². The Kier molecular flexibility index (Phi) is 7.04. The molecule has 1 aromatic heterocycles. The van der Waals surface area contributed by atoms with Gasteiger partial charge in [-0.25, -0.2) is 4.98 Å². The molecule has 2 heterocycles. The monoisotopic (exact) mass is 454 g/mol. The topological polar surface area (TPSA) is 88.4 Å². The maximum absolute atomic E-state index is 12.7. The molecule has 1 aliphatic heterocycles. The summed E-state index contributed by atoms with van der Waals surface area (Å²) in [6.07, 6.45) is -2.26. The summed E-state index contributed by atoms with van der Waals surface area (Å²) in [7, 11) is 0. The quantitative estimate of drug-likeness (QED) is 0.398. The van der Waals surface area contributed by atoms with E-state index in [1.807, 2.05) is 4.90 Å². The Bertz CT molecular complexity index is 915. The normalized spacial score (nSPS) is 16.1. The van der Waals surface area contributed by atoms with Crippen LogP contribution in [0.3, 0.4) is 0 Å². The molecule has 0 spiro atoms. The number of aromatic nitrogens is 1. The molecule has 11 heteroatoms. The summed E-state index contributed by atoms with van der Waals surface area (Å²) < 4.78 is 38.0. The van der Waals surface area contributed by atoms with Crippen LogP contribution in [0, 0.1) is 10.1 Å². The van der Waals surface area contributed by atoms with Gasteiger partial charge in [-0.1, -0.05) is 0 Å². The number of hydrogen-bond acceptors (Lipinski definition) is 6. The lowest BCUT2D eigenvalue weighted by atomic mass is 10.0. The van der Waals surface area contributed by atoms with Crippen LogP contribution >= 0.6 is 11.8 Å². The van der Waals surface area contributed by atoms with Crippen LogP contribution in [0.1, 0.15) is 25.3 Å². The molecule has 0 aliphatic carbocycles. The minimum Gasteiger partial charge on any atom is -0.356 e. The zero-order valence-electron chi connectivity index (χ0n) is 16.6. The van der Waals surface area contributed by atoms with Crippen molar-refractivity contribution in [1.29, 1.82) is 0 Å². The van der Waals surface area contributed by atoms with E-state index in [0.29, 0.717) is 31.7 Å². The van der Waals surface area contributed by atoms with Crippen molar-refractivity contribution >= 4 is 29.2 Å². The van der Waals surface area contributed by atoms with Crippen molar-refractivity contribution < 1.29 is 22.9 Å². The Balaban J connectivity index is 1.47. The first-order valence-corrected chi connectivity index (χ1v) is 10.5. The number of halogens is 3. The number of thioether (sulfide) groups is 1. The summed E-state index contributed by atoms with van der Waals surface area (Å²) in [6, 6.07) is 8.39. The van der Waals surface area contributed by atoms with Gasteiger partial charge in [0.1, 0.15) is 5.82 Å². The summed E-state index contributed by atoms with van der Waals surface area (Å²) in [6.45, 7) is 2.92. The van der Waals surface area contributed by atoms with Crippen molar-refractivity contribution in [2.24, 2.45) is 0 Å². The minimum atomic E-state index is -4.41. The number of piperidine rings is 1. The van der Waals surface area contributed by atoms with Gasteiger partial charge < -0.3 is 10.2 Å². The summed E-state index contributed by atoms with van der Waals surface area (Å²) in [5.74, 6) is 0.356. The van der Waals surface area contributed by atoms with Crippen LogP contribution in [-0.4, -0.2) is 40.2 Å². The van der Waals surface area contributed by atoms with E-state index < -0.39 is 16.7 Å². The number of alkyl halides is 3. The van der Waals surface area contributed by atoms with Gasteiger partial charge in [-0.2, -0.15) is 13.2 Å². The number of rotatable bonds is 6. The first-order valence-electron chi connectivity index (χ1n) is 9.63. The molecule has 1 unspecified atom stereocenters. The average Bonchev–Trinajstić information content (AvgIpc) is 2.74. The van der Waals surface area contributed by atoms with Crippen LogP contribution < -0.4 is 10.2 Å². The summed E-state index contributed by atoms with van der Waals surface area (Å²) >= 11 is 1.31. The molecule has 1 aromatic carbocycles. The fourth-order valence-corrected chi connectivity index (χ4v) is 4.09. The molecule has 1 amide bonds. The number of nitro groups is 1. The predicted octanol–water partition coefficient (Wildman–Crippen LogP) is 4.27. The van der Waals surface area contributed by atoms with Gasteiger partial charge in [-0.05, 0) is 44.0 Å². The average molecular weight is 454 g/mol. The molecule has 0 radical (unpaired) electrons. The van der Waals surface area contributed by atoms with E-state index in [0.717, 1.165) is 17.2 Å². The van der Waals surface area contributed by atoms with Gasteiger partial charge in [0, 0.05) is 42.4 Å². The number of pyridine rings is 1. The van der Waals surface area contributed by atoms with Crippen LogP contribution in [0.5, 0.6) is 0 Å². The van der Waals surface area contributed by atoms with Gasteiger partial charge in [0.05, 0.1) is 15.7 Å². The third-order valence-corrected chi connectivity index (χ3v) is 6.08. The van der Waals surface area contributed by atoms with Gasteiger partial charge in [0.25, 0.3) is 5.69 Å². The number of carbonyl (C=O) groups is 1. The third-order valence-electron chi connectivity index (χ3n) is 4.97. The number of anilines is 1. The van der Waals surface area contributed by atoms with E-state index in [4.69, 9.17) is 0 Å².